The van der Waals surface area contributed by atoms with Crippen molar-refractivity contribution < 1.29 is 14.3 Å². The molecule has 2 atom stereocenters. The molecule has 1 aliphatic rings. The minimum absolute atomic E-state index is 0.219. The summed E-state index contributed by atoms with van der Waals surface area (Å²) in [5.74, 6) is -0.115. The molecule has 1 aliphatic heterocycles. The number of carbonyl (C=O) groups excluding carboxylic acids is 1. The third-order valence-corrected chi connectivity index (χ3v) is 4.42. The van der Waals surface area contributed by atoms with Crippen molar-refractivity contribution in [3.8, 4) is 0 Å². The number of halogens is 2. The second-order valence-corrected chi connectivity index (χ2v) is 6.03. The largest absolute Gasteiger partial charge is 0.391 e. The average Bonchev–Trinajstić information content (AvgIpc) is 2.42. The van der Waals surface area contributed by atoms with Crippen LogP contribution in [-0.2, 0) is 6.54 Å². The molecule has 1 aromatic carbocycles. The van der Waals surface area contributed by atoms with Crippen molar-refractivity contribution in [2.24, 2.45) is 5.92 Å². The van der Waals surface area contributed by atoms with Crippen LogP contribution in [0.2, 0.25) is 0 Å². The average molecular weight is 345 g/mol. The molecule has 2 amide bonds. The molecule has 0 aliphatic carbocycles. The summed E-state index contributed by atoms with van der Waals surface area (Å²) >= 11 is 3.32. The Bertz CT molecular complexity index is 498. The van der Waals surface area contributed by atoms with Gasteiger partial charge in [0.15, 0.2) is 0 Å². The molecule has 2 rings (SSSR count). The van der Waals surface area contributed by atoms with E-state index in [9.17, 15) is 14.3 Å². The molecule has 0 radical (unpaired) electrons. The minimum atomic E-state index is -0.476. The van der Waals surface area contributed by atoms with Gasteiger partial charge in [0.25, 0.3) is 0 Å². The first-order chi connectivity index (χ1) is 9.47. The first kappa shape index (κ1) is 15.3. The van der Waals surface area contributed by atoms with E-state index in [1.54, 1.807) is 11.0 Å². The zero-order chi connectivity index (χ0) is 14.7. The van der Waals surface area contributed by atoms with E-state index < -0.39 is 6.10 Å². The van der Waals surface area contributed by atoms with Crippen molar-refractivity contribution in [1.29, 1.82) is 0 Å². The molecule has 4 nitrogen and oxygen atoms in total. The normalized spacial score (nSPS) is 22.7. The van der Waals surface area contributed by atoms with Gasteiger partial charge < -0.3 is 15.3 Å². The van der Waals surface area contributed by atoms with Gasteiger partial charge in [0.05, 0.1) is 6.10 Å². The quantitative estimate of drug-likeness (QED) is 0.865. The number of hydrogen-bond donors (Lipinski definition) is 2. The van der Waals surface area contributed by atoms with Crippen molar-refractivity contribution in [3.63, 3.8) is 0 Å². The first-order valence-corrected chi connectivity index (χ1v) is 7.41. The Hall–Kier alpha value is -1.14. The molecule has 110 valence electrons. The Morgan fingerprint density at radius 1 is 1.60 bits per heavy atom. The summed E-state index contributed by atoms with van der Waals surface area (Å²) in [4.78, 5) is 13.6. The molecule has 0 aromatic heterocycles. The number of nitrogens with one attached hydrogen (secondary N) is 1. The predicted molar refractivity (Wildman–Crippen MR) is 77.7 cm³/mol. The number of amides is 2. The second kappa shape index (κ2) is 6.54. The SMILES string of the molecule is CC1CCN(C(=O)NCc2cc(F)ccc2Br)CC1O. The number of aliphatic hydroxyl groups is 1. The monoisotopic (exact) mass is 344 g/mol. The van der Waals surface area contributed by atoms with Crippen LogP contribution in [-0.4, -0.2) is 35.2 Å². The van der Waals surface area contributed by atoms with Gasteiger partial charge in [-0.3, -0.25) is 0 Å². The van der Waals surface area contributed by atoms with E-state index >= 15 is 0 Å². The molecule has 1 fully saturated rings. The molecule has 0 spiro atoms. The smallest absolute Gasteiger partial charge is 0.317 e. The summed E-state index contributed by atoms with van der Waals surface area (Å²) in [6.07, 6.45) is 0.313. The van der Waals surface area contributed by atoms with Crippen molar-refractivity contribution in [2.45, 2.75) is 26.0 Å². The van der Waals surface area contributed by atoms with Crippen LogP contribution in [0.3, 0.4) is 0 Å². The number of rotatable bonds is 2. The number of carbonyl (C=O) groups is 1. The summed E-state index contributed by atoms with van der Waals surface area (Å²) in [7, 11) is 0. The van der Waals surface area contributed by atoms with Gasteiger partial charge >= 0.3 is 6.03 Å². The number of urea groups is 1. The summed E-state index contributed by atoms with van der Waals surface area (Å²) in [6.45, 7) is 3.20. The number of β-amino-alcohol motifs (C(OH)–C–C–N with tert-alkyl or cyclic N) is 1. The van der Waals surface area contributed by atoms with Gasteiger partial charge in [-0.05, 0) is 36.1 Å². The van der Waals surface area contributed by atoms with Crippen LogP contribution in [0.5, 0.6) is 0 Å². The van der Waals surface area contributed by atoms with Crippen LogP contribution in [0.15, 0.2) is 22.7 Å². The molecular formula is C14H18BrFN2O2. The Kier molecular flexibility index (Phi) is 4.99. The standard InChI is InChI=1S/C14H18BrFN2O2/c1-9-4-5-18(8-13(9)19)14(20)17-7-10-6-11(16)2-3-12(10)15/h2-3,6,9,13,19H,4-5,7-8H2,1H3,(H,17,20). The highest BCUT2D eigenvalue weighted by molar-refractivity contribution is 9.10. The number of aliphatic hydroxyl groups excluding tert-OH is 1. The lowest BCUT2D eigenvalue weighted by atomic mass is 9.96. The second-order valence-electron chi connectivity index (χ2n) is 5.17. The van der Waals surface area contributed by atoms with Crippen LogP contribution >= 0.6 is 15.9 Å². The molecule has 1 saturated heterocycles. The summed E-state index contributed by atoms with van der Waals surface area (Å²) in [5.41, 5.74) is 0.685. The van der Waals surface area contributed by atoms with Crippen LogP contribution in [0, 0.1) is 11.7 Å². The van der Waals surface area contributed by atoms with Crippen molar-refractivity contribution in [2.75, 3.05) is 13.1 Å². The summed E-state index contributed by atoms with van der Waals surface area (Å²) < 4.78 is 13.9. The molecule has 2 N–H and O–H groups in total. The lowest BCUT2D eigenvalue weighted by Gasteiger charge is -2.34. The van der Waals surface area contributed by atoms with E-state index in [1.807, 2.05) is 6.92 Å². The zero-order valence-corrected chi connectivity index (χ0v) is 12.9. The molecular weight excluding hydrogens is 327 g/mol. The fourth-order valence-corrected chi connectivity index (χ4v) is 2.58. The van der Waals surface area contributed by atoms with Gasteiger partial charge in [0.2, 0.25) is 0 Å². The fraction of sp³-hybridized carbons (Fsp3) is 0.500. The molecule has 2 unspecified atom stereocenters. The first-order valence-electron chi connectivity index (χ1n) is 6.62. The molecule has 0 saturated carbocycles. The van der Waals surface area contributed by atoms with E-state index in [0.717, 1.165) is 10.9 Å². The predicted octanol–water partition coefficient (Wildman–Crippen LogP) is 2.50. The van der Waals surface area contributed by atoms with E-state index in [0.29, 0.717) is 18.7 Å². The van der Waals surface area contributed by atoms with Gasteiger partial charge in [0.1, 0.15) is 5.82 Å². The molecule has 0 bridgehead atoms. The van der Waals surface area contributed by atoms with Crippen LogP contribution in [0.1, 0.15) is 18.9 Å². The Balaban J connectivity index is 1.90. The van der Waals surface area contributed by atoms with Crippen LogP contribution in [0.4, 0.5) is 9.18 Å². The fourth-order valence-electron chi connectivity index (χ4n) is 2.19. The summed E-state index contributed by atoms with van der Waals surface area (Å²) in [6, 6.07) is 4.13. The highest BCUT2D eigenvalue weighted by Gasteiger charge is 2.27. The van der Waals surface area contributed by atoms with Gasteiger partial charge in [-0.2, -0.15) is 0 Å². The summed E-state index contributed by atoms with van der Waals surface area (Å²) in [5, 5.41) is 12.5. The van der Waals surface area contributed by atoms with E-state index in [2.05, 4.69) is 21.2 Å². The van der Waals surface area contributed by atoms with Gasteiger partial charge in [0, 0.05) is 24.1 Å². The van der Waals surface area contributed by atoms with Crippen molar-refractivity contribution in [1.82, 2.24) is 10.2 Å². The number of nitrogens with zero attached hydrogens (tertiary/aromatic N) is 1. The molecule has 6 heteroatoms. The van der Waals surface area contributed by atoms with Crippen LogP contribution in [0.25, 0.3) is 0 Å². The highest BCUT2D eigenvalue weighted by Crippen LogP contribution is 2.19. The van der Waals surface area contributed by atoms with Crippen molar-refractivity contribution in [3.05, 3.63) is 34.1 Å². The van der Waals surface area contributed by atoms with Crippen LogP contribution < -0.4 is 5.32 Å². The maximum atomic E-state index is 13.1. The zero-order valence-electron chi connectivity index (χ0n) is 11.3. The Morgan fingerprint density at radius 3 is 3.05 bits per heavy atom. The lowest BCUT2D eigenvalue weighted by molar-refractivity contribution is 0.0435. The molecule has 20 heavy (non-hydrogen) atoms. The topological polar surface area (TPSA) is 52.6 Å². The maximum absolute atomic E-state index is 13.1. The lowest BCUT2D eigenvalue weighted by Crippen LogP contribution is -2.49. The van der Waals surface area contributed by atoms with E-state index in [4.69, 9.17) is 0 Å². The Morgan fingerprint density at radius 2 is 2.35 bits per heavy atom. The number of likely N-dealkylation sites (tertiary alicyclic amines) is 1. The van der Waals surface area contributed by atoms with E-state index in [1.165, 1.54) is 12.1 Å². The molecule has 1 heterocycles. The van der Waals surface area contributed by atoms with E-state index in [-0.39, 0.29) is 24.3 Å². The van der Waals surface area contributed by atoms with Crippen molar-refractivity contribution >= 4 is 22.0 Å². The Labute approximate surface area is 126 Å². The number of piperidine rings is 1. The number of benzene rings is 1. The third-order valence-electron chi connectivity index (χ3n) is 3.64. The maximum Gasteiger partial charge on any atom is 0.317 e. The highest BCUT2D eigenvalue weighted by atomic mass is 79.9. The van der Waals surface area contributed by atoms with Gasteiger partial charge in [-0.1, -0.05) is 22.9 Å². The third kappa shape index (κ3) is 3.70. The molecule has 1 aromatic rings. The number of hydrogen-bond acceptors (Lipinski definition) is 2. The van der Waals surface area contributed by atoms with Gasteiger partial charge in [-0.15, -0.1) is 0 Å². The van der Waals surface area contributed by atoms with Gasteiger partial charge in [-0.25, -0.2) is 9.18 Å². The minimum Gasteiger partial charge on any atom is -0.391 e.